The molecule has 168 valence electrons. The number of carbonyl (C=O) groups is 3. The van der Waals surface area contributed by atoms with E-state index in [2.05, 4.69) is 15.8 Å². The minimum Gasteiger partial charge on any atom is -0.423 e. The van der Waals surface area contributed by atoms with Gasteiger partial charge in [0.25, 0.3) is 0 Å². The van der Waals surface area contributed by atoms with Crippen molar-refractivity contribution in [2.75, 3.05) is 5.32 Å². The van der Waals surface area contributed by atoms with E-state index in [1.165, 1.54) is 0 Å². The summed E-state index contributed by atoms with van der Waals surface area (Å²) in [6.45, 7) is 7.41. The third-order valence-electron chi connectivity index (χ3n) is 4.75. The summed E-state index contributed by atoms with van der Waals surface area (Å²) in [7, 11) is 0. The summed E-state index contributed by atoms with van der Waals surface area (Å²) in [5.41, 5.74) is 7.38. The summed E-state index contributed by atoms with van der Waals surface area (Å²) in [5, 5.41) is 6.55. The van der Waals surface area contributed by atoms with Crippen LogP contribution in [0.5, 0.6) is 5.75 Å². The first-order valence-corrected chi connectivity index (χ1v) is 10.3. The Morgan fingerprint density at radius 3 is 2.06 bits per heavy atom. The molecule has 0 saturated carbocycles. The monoisotopic (exact) mass is 443 g/mol. The zero-order valence-corrected chi connectivity index (χ0v) is 18.9. The molecular formula is C26H25N3O4. The highest BCUT2D eigenvalue weighted by Crippen LogP contribution is 2.16. The maximum atomic E-state index is 12.3. The molecule has 3 aromatic carbocycles. The number of nitrogens with one attached hydrogen (secondary N) is 2. The first kappa shape index (κ1) is 23.4. The molecule has 0 bridgehead atoms. The molecule has 0 atom stereocenters. The summed E-state index contributed by atoms with van der Waals surface area (Å²) >= 11 is 0. The van der Waals surface area contributed by atoms with Gasteiger partial charge in [-0.2, -0.15) is 5.10 Å². The van der Waals surface area contributed by atoms with Crippen molar-refractivity contribution in [2.24, 2.45) is 5.10 Å². The van der Waals surface area contributed by atoms with Gasteiger partial charge in [-0.1, -0.05) is 23.8 Å². The molecule has 3 rings (SSSR count). The van der Waals surface area contributed by atoms with Gasteiger partial charge in [0.1, 0.15) is 5.75 Å². The first-order valence-electron chi connectivity index (χ1n) is 10.3. The van der Waals surface area contributed by atoms with Crippen LogP contribution in [0.3, 0.4) is 0 Å². The predicted octanol–water partition coefficient (Wildman–Crippen LogP) is 4.31. The molecule has 0 radical (unpaired) electrons. The van der Waals surface area contributed by atoms with Crippen LogP contribution in [0.25, 0.3) is 0 Å². The van der Waals surface area contributed by atoms with Crippen LogP contribution >= 0.6 is 0 Å². The molecule has 0 spiro atoms. The summed E-state index contributed by atoms with van der Waals surface area (Å²) < 4.78 is 5.39. The Morgan fingerprint density at radius 2 is 1.42 bits per heavy atom. The molecule has 0 aromatic heterocycles. The number of nitrogens with zero attached hydrogens (tertiary/aromatic N) is 1. The first-order chi connectivity index (χ1) is 15.7. The van der Waals surface area contributed by atoms with E-state index in [4.69, 9.17) is 4.74 Å². The van der Waals surface area contributed by atoms with Crippen LogP contribution in [0.1, 0.15) is 39.5 Å². The van der Waals surface area contributed by atoms with E-state index in [-0.39, 0.29) is 0 Å². The molecule has 0 aliphatic heterocycles. The molecule has 0 aliphatic carbocycles. The average molecular weight is 444 g/mol. The minimum atomic E-state index is -0.878. The maximum absolute atomic E-state index is 12.3. The molecule has 0 unspecified atom stereocenters. The quantitative estimate of drug-likeness (QED) is 0.202. The van der Waals surface area contributed by atoms with Gasteiger partial charge in [0.05, 0.1) is 11.3 Å². The Kier molecular flexibility index (Phi) is 7.35. The molecule has 0 aliphatic rings. The highest BCUT2D eigenvalue weighted by molar-refractivity contribution is 6.39. The van der Waals surface area contributed by atoms with Crippen molar-refractivity contribution in [3.05, 3.63) is 94.5 Å². The third kappa shape index (κ3) is 6.61. The summed E-state index contributed by atoms with van der Waals surface area (Å²) in [5.74, 6) is -1.75. The van der Waals surface area contributed by atoms with Crippen molar-refractivity contribution in [1.29, 1.82) is 0 Å². The van der Waals surface area contributed by atoms with E-state index >= 15 is 0 Å². The fourth-order valence-corrected chi connectivity index (χ4v) is 3.19. The molecule has 0 heterocycles. The van der Waals surface area contributed by atoms with Gasteiger partial charge in [-0.05, 0) is 92.9 Å². The molecule has 3 aromatic rings. The lowest BCUT2D eigenvalue weighted by Gasteiger charge is -2.08. The Balaban J connectivity index is 1.58. The fourth-order valence-electron chi connectivity index (χ4n) is 3.19. The Hall–Kier alpha value is -4.26. The van der Waals surface area contributed by atoms with Crippen molar-refractivity contribution < 1.29 is 19.1 Å². The number of hydrazone groups is 1. The smallest absolute Gasteiger partial charge is 0.343 e. The van der Waals surface area contributed by atoms with E-state index in [9.17, 15) is 14.4 Å². The number of rotatable bonds is 5. The topological polar surface area (TPSA) is 96.9 Å². The highest BCUT2D eigenvalue weighted by Gasteiger charge is 2.14. The largest absolute Gasteiger partial charge is 0.423 e. The van der Waals surface area contributed by atoms with Gasteiger partial charge in [-0.3, -0.25) is 9.59 Å². The molecule has 0 saturated heterocycles. The van der Waals surface area contributed by atoms with Gasteiger partial charge >= 0.3 is 17.8 Å². The molecule has 33 heavy (non-hydrogen) atoms. The number of aryl methyl sites for hydroxylation is 3. The van der Waals surface area contributed by atoms with Gasteiger partial charge in [0, 0.05) is 5.69 Å². The Morgan fingerprint density at radius 1 is 0.758 bits per heavy atom. The van der Waals surface area contributed by atoms with E-state index in [0.717, 1.165) is 16.7 Å². The lowest BCUT2D eigenvalue weighted by atomic mass is 10.1. The van der Waals surface area contributed by atoms with Crippen molar-refractivity contribution >= 4 is 29.2 Å². The second-order valence-electron chi connectivity index (χ2n) is 7.75. The lowest BCUT2D eigenvalue weighted by Crippen LogP contribution is -2.33. The van der Waals surface area contributed by atoms with Crippen LogP contribution in [0.2, 0.25) is 0 Å². The van der Waals surface area contributed by atoms with Crippen molar-refractivity contribution in [1.82, 2.24) is 5.43 Å². The number of amides is 2. The number of ether oxygens (including phenoxy) is 1. The maximum Gasteiger partial charge on any atom is 0.343 e. The van der Waals surface area contributed by atoms with Gasteiger partial charge in [-0.15, -0.1) is 0 Å². The Bertz CT molecular complexity index is 1210. The standard InChI is InChI=1S/C26H25N3O4/c1-16-6-5-7-21(13-16)26(32)33-23-10-8-20(9-11-23)19(4)28-29-25(31)24(30)27-22-14-17(2)12-18(3)15-22/h5-15H,1-4H3,(H,27,30)(H,29,31)/b28-19+. The second kappa shape index (κ2) is 10.4. The Labute approximate surface area is 192 Å². The van der Waals surface area contributed by atoms with Crippen LogP contribution in [0.4, 0.5) is 5.69 Å². The van der Waals surface area contributed by atoms with Crippen molar-refractivity contribution in [2.45, 2.75) is 27.7 Å². The number of carbonyl (C=O) groups excluding carboxylic acids is 3. The highest BCUT2D eigenvalue weighted by atomic mass is 16.5. The van der Waals surface area contributed by atoms with E-state index < -0.39 is 17.8 Å². The van der Waals surface area contributed by atoms with Crippen molar-refractivity contribution in [3.63, 3.8) is 0 Å². The predicted molar refractivity (Wildman–Crippen MR) is 127 cm³/mol. The van der Waals surface area contributed by atoms with Gasteiger partial charge in [-0.25, -0.2) is 10.2 Å². The third-order valence-corrected chi connectivity index (χ3v) is 4.75. The summed E-state index contributed by atoms with van der Waals surface area (Å²) in [6.07, 6.45) is 0. The molecule has 2 amide bonds. The number of benzene rings is 3. The van der Waals surface area contributed by atoms with E-state index in [1.807, 2.05) is 32.9 Å². The zero-order valence-electron chi connectivity index (χ0n) is 18.9. The van der Waals surface area contributed by atoms with E-state index in [0.29, 0.717) is 28.3 Å². The minimum absolute atomic E-state index is 0.384. The van der Waals surface area contributed by atoms with Crippen LogP contribution in [-0.4, -0.2) is 23.5 Å². The lowest BCUT2D eigenvalue weighted by molar-refractivity contribution is -0.136. The van der Waals surface area contributed by atoms with Crippen LogP contribution in [-0.2, 0) is 9.59 Å². The molecular weight excluding hydrogens is 418 g/mol. The SMILES string of the molecule is C/C(=N\NC(=O)C(=O)Nc1cc(C)cc(C)c1)c1ccc(OC(=O)c2cccc(C)c2)cc1. The molecule has 7 nitrogen and oxygen atoms in total. The number of hydrogen-bond donors (Lipinski definition) is 2. The number of esters is 1. The van der Waals surface area contributed by atoms with Gasteiger partial charge < -0.3 is 10.1 Å². The van der Waals surface area contributed by atoms with Gasteiger partial charge in [0.15, 0.2) is 0 Å². The second-order valence-corrected chi connectivity index (χ2v) is 7.75. The summed E-state index contributed by atoms with van der Waals surface area (Å²) in [6, 6.07) is 19.4. The average Bonchev–Trinajstić information content (AvgIpc) is 2.77. The van der Waals surface area contributed by atoms with Crippen LogP contribution in [0.15, 0.2) is 71.8 Å². The normalized spacial score (nSPS) is 11.0. The number of anilines is 1. The molecule has 2 N–H and O–H groups in total. The van der Waals surface area contributed by atoms with E-state index in [1.54, 1.807) is 61.5 Å². The van der Waals surface area contributed by atoms with Crippen molar-refractivity contribution in [3.8, 4) is 5.75 Å². The zero-order chi connectivity index (χ0) is 24.0. The number of hydrogen-bond acceptors (Lipinski definition) is 5. The van der Waals surface area contributed by atoms with Crippen LogP contribution in [0, 0.1) is 20.8 Å². The van der Waals surface area contributed by atoms with Gasteiger partial charge in [0.2, 0.25) is 0 Å². The molecule has 0 fully saturated rings. The molecule has 7 heteroatoms. The fraction of sp³-hybridized carbons (Fsp3) is 0.154. The summed E-state index contributed by atoms with van der Waals surface area (Å²) in [4.78, 5) is 36.5. The van der Waals surface area contributed by atoms with Crippen LogP contribution < -0.4 is 15.5 Å².